The first kappa shape index (κ1) is 20.2. The molecular formula is C20H24BFN2O4. The standard InChI is InChI=1S/C20H24BFN2O4/c1-19(2)20(3,4)28-21(27-19)16-10-9-14(12-17(16)22)24-18(25)23-13-7-6-8-15(11-13)26-5/h6-12H,1-5H3,(H2,23,24,25). The zero-order valence-corrected chi connectivity index (χ0v) is 16.6. The SMILES string of the molecule is COc1cccc(NC(=O)Nc2ccc(B3OC(C)(C)C(C)(C)O3)c(F)c2)c1. The molecule has 0 aliphatic carbocycles. The van der Waals surface area contributed by atoms with Crippen molar-refractivity contribution in [3.8, 4) is 5.75 Å². The number of nitrogens with one attached hydrogen (secondary N) is 2. The van der Waals surface area contributed by atoms with Crippen molar-refractivity contribution >= 4 is 30.0 Å². The molecule has 2 aromatic carbocycles. The molecule has 0 atom stereocenters. The van der Waals surface area contributed by atoms with Crippen LogP contribution >= 0.6 is 0 Å². The number of hydrogen-bond acceptors (Lipinski definition) is 4. The van der Waals surface area contributed by atoms with Gasteiger partial charge in [-0.2, -0.15) is 0 Å². The van der Waals surface area contributed by atoms with Crippen LogP contribution in [0.15, 0.2) is 42.5 Å². The molecule has 6 nitrogen and oxygen atoms in total. The van der Waals surface area contributed by atoms with Gasteiger partial charge in [-0.05, 0) is 52.0 Å². The number of benzene rings is 2. The predicted molar refractivity (Wildman–Crippen MR) is 108 cm³/mol. The van der Waals surface area contributed by atoms with E-state index in [-0.39, 0.29) is 5.46 Å². The number of anilines is 2. The maximum Gasteiger partial charge on any atom is 0.497 e. The van der Waals surface area contributed by atoms with Crippen molar-refractivity contribution in [1.82, 2.24) is 0 Å². The van der Waals surface area contributed by atoms with Gasteiger partial charge >= 0.3 is 13.1 Å². The number of carbonyl (C=O) groups excluding carboxylic acids is 1. The summed E-state index contributed by atoms with van der Waals surface area (Å²) in [6, 6.07) is 10.8. The van der Waals surface area contributed by atoms with Crippen LogP contribution in [0.5, 0.6) is 5.75 Å². The Morgan fingerprint density at radius 3 is 2.18 bits per heavy atom. The van der Waals surface area contributed by atoms with Gasteiger partial charge in [-0.25, -0.2) is 9.18 Å². The number of hydrogen-bond donors (Lipinski definition) is 2. The number of carbonyl (C=O) groups is 1. The summed E-state index contributed by atoms with van der Waals surface area (Å²) in [6.07, 6.45) is 0. The van der Waals surface area contributed by atoms with Crippen molar-refractivity contribution < 1.29 is 23.2 Å². The topological polar surface area (TPSA) is 68.8 Å². The summed E-state index contributed by atoms with van der Waals surface area (Å²) in [5, 5.41) is 5.28. The van der Waals surface area contributed by atoms with E-state index in [1.165, 1.54) is 6.07 Å². The lowest BCUT2D eigenvalue weighted by Crippen LogP contribution is -2.41. The first-order valence-electron chi connectivity index (χ1n) is 8.98. The Balaban J connectivity index is 1.68. The molecule has 0 unspecified atom stereocenters. The summed E-state index contributed by atoms with van der Waals surface area (Å²) < 4.78 is 31.5. The molecule has 0 aromatic heterocycles. The minimum absolute atomic E-state index is 0.289. The molecule has 1 fully saturated rings. The van der Waals surface area contributed by atoms with Crippen LogP contribution < -0.4 is 20.8 Å². The van der Waals surface area contributed by atoms with E-state index in [0.717, 1.165) is 0 Å². The van der Waals surface area contributed by atoms with Crippen molar-refractivity contribution in [3.63, 3.8) is 0 Å². The third-order valence-electron chi connectivity index (χ3n) is 5.09. The van der Waals surface area contributed by atoms with Gasteiger partial charge in [0, 0.05) is 22.9 Å². The average molecular weight is 386 g/mol. The molecule has 0 bridgehead atoms. The normalized spacial score (nSPS) is 17.3. The second-order valence-electron chi connectivity index (χ2n) is 7.64. The predicted octanol–water partition coefficient (Wildman–Crippen LogP) is 3.78. The minimum atomic E-state index is -0.801. The summed E-state index contributed by atoms with van der Waals surface area (Å²) in [6.45, 7) is 7.63. The van der Waals surface area contributed by atoms with Gasteiger partial charge in [0.1, 0.15) is 11.6 Å². The molecule has 8 heteroatoms. The molecule has 0 spiro atoms. The van der Waals surface area contributed by atoms with Gasteiger partial charge in [0.05, 0.1) is 18.3 Å². The molecule has 2 amide bonds. The van der Waals surface area contributed by atoms with E-state index in [1.54, 1.807) is 43.5 Å². The van der Waals surface area contributed by atoms with Crippen LogP contribution in [0.2, 0.25) is 0 Å². The third kappa shape index (κ3) is 4.13. The maximum atomic E-state index is 14.6. The van der Waals surface area contributed by atoms with E-state index >= 15 is 0 Å². The van der Waals surface area contributed by atoms with Crippen LogP contribution in [-0.2, 0) is 9.31 Å². The number of urea groups is 1. The lowest BCUT2D eigenvalue weighted by atomic mass is 9.78. The van der Waals surface area contributed by atoms with Gasteiger partial charge < -0.3 is 24.7 Å². The van der Waals surface area contributed by atoms with E-state index < -0.39 is 30.2 Å². The van der Waals surface area contributed by atoms with Gasteiger partial charge in [0.2, 0.25) is 0 Å². The fourth-order valence-electron chi connectivity index (χ4n) is 2.76. The summed E-state index contributed by atoms with van der Waals surface area (Å²) in [5.74, 6) is 0.105. The van der Waals surface area contributed by atoms with Gasteiger partial charge in [-0.3, -0.25) is 0 Å². The Labute approximate surface area is 164 Å². The van der Waals surface area contributed by atoms with Crippen molar-refractivity contribution in [2.75, 3.05) is 17.7 Å². The molecule has 28 heavy (non-hydrogen) atoms. The number of rotatable bonds is 4. The van der Waals surface area contributed by atoms with E-state index in [1.807, 2.05) is 27.7 Å². The molecule has 1 aliphatic heterocycles. The largest absolute Gasteiger partial charge is 0.497 e. The Morgan fingerprint density at radius 1 is 1.00 bits per heavy atom. The lowest BCUT2D eigenvalue weighted by Gasteiger charge is -2.32. The molecule has 1 heterocycles. The fourth-order valence-corrected chi connectivity index (χ4v) is 2.76. The second kappa shape index (κ2) is 7.45. The monoisotopic (exact) mass is 386 g/mol. The summed E-state index contributed by atoms with van der Waals surface area (Å²) in [7, 11) is 0.744. The van der Waals surface area contributed by atoms with E-state index in [0.29, 0.717) is 17.1 Å². The highest BCUT2D eigenvalue weighted by atomic mass is 19.1. The smallest absolute Gasteiger partial charge is 0.497 e. The average Bonchev–Trinajstić information content (AvgIpc) is 2.82. The third-order valence-corrected chi connectivity index (χ3v) is 5.09. The second-order valence-corrected chi connectivity index (χ2v) is 7.64. The molecule has 148 valence electrons. The first-order valence-corrected chi connectivity index (χ1v) is 8.98. The molecular weight excluding hydrogens is 362 g/mol. The summed E-state index contributed by atoms with van der Waals surface area (Å²) >= 11 is 0. The Kier molecular flexibility index (Phi) is 5.36. The maximum absolute atomic E-state index is 14.6. The molecule has 1 saturated heterocycles. The number of halogens is 1. The zero-order chi connectivity index (χ0) is 20.5. The van der Waals surface area contributed by atoms with Crippen LogP contribution in [0.1, 0.15) is 27.7 Å². The van der Waals surface area contributed by atoms with Crippen molar-refractivity contribution in [2.45, 2.75) is 38.9 Å². The number of ether oxygens (including phenoxy) is 1. The quantitative estimate of drug-likeness (QED) is 0.785. The first-order chi connectivity index (χ1) is 13.1. The van der Waals surface area contributed by atoms with Crippen LogP contribution in [0, 0.1) is 5.82 Å². The van der Waals surface area contributed by atoms with E-state index in [9.17, 15) is 9.18 Å². The van der Waals surface area contributed by atoms with E-state index in [2.05, 4.69) is 10.6 Å². The van der Waals surface area contributed by atoms with Crippen molar-refractivity contribution in [1.29, 1.82) is 0 Å². The Morgan fingerprint density at radius 2 is 1.61 bits per heavy atom. The fraction of sp³-hybridized carbons (Fsp3) is 0.350. The highest BCUT2D eigenvalue weighted by Gasteiger charge is 2.52. The molecule has 3 rings (SSSR count). The van der Waals surface area contributed by atoms with Gasteiger partial charge in [-0.15, -0.1) is 0 Å². The molecule has 2 aromatic rings. The molecule has 0 radical (unpaired) electrons. The Hall–Kier alpha value is -2.58. The van der Waals surface area contributed by atoms with E-state index in [4.69, 9.17) is 14.0 Å². The van der Waals surface area contributed by atoms with Crippen LogP contribution in [0.3, 0.4) is 0 Å². The van der Waals surface area contributed by atoms with Gasteiger partial charge in [-0.1, -0.05) is 12.1 Å². The number of amides is 2. The molecule has 1 aliphatic rings. The van der Waals surface area contributed by atoms with Crippen molar-refractivity contribution in [2.24, 2.45) is 0 Å². The number of methoxy groups -OCH3 is 1. The van der Waals surface area contributed by atoms with Crippen molar-refractivity contribution in [3.05, 3.63) is 48.3 Å². The Bertz CT molecular complexity index is 872. The van der Waals surface area contributed by atoms with Gasteiger partial charge in [0.25, 0.3) is 0 Å². The van der Waals surface area contributed by atoms with Gasteiger partial charge in [0.15, 0.2) is 0 Å². The summed E-state index contributed by atoms with van der Waals surface area (Å²) in [4.78, 5) is 12.2. The highest BCUT2D eigenvalue weighted by Crippen LogP contribution is 2.36. The lowest BCUT2D eigenvalue weighted by molar-refractivity contribution is 0.00578. The zero-order valence-electron chi connectivity index (χ0n) is 16.6. The highest BCUT2D eigenvalue weighted by molar-refractivity contribution is 6.62. The molecule has 2 N–H and O–H groups in total. The minimum Gasteiger partial charge on any atom is -0.497 e. The van der Waals surface area contributed by atoms with Crippen LogP contribution in [0.4, 0.5) is 20.6 Å². The van der Waals surface area contributed by atoms with Crippen LogP contribution in [-0.4, -0.2) is 31.5 Å². The summed E-state index contributed by atoms with van der Waals surface area (Å²) in [5.41, 5.74) is 0.0525. The van der Waals surface area contributed by atoms with Crippen LogP contribution in [0.25, 0.3) is 0 Å². The molecule has 0 saturated carbocycles.